The molecule has 0 aromatic carbocycles. The molecule has 0 spiro atoms. The Morgan fingerprint density at radius 3 is 3.00 bits per heavy atom. The number of carbonyl (C=O) groups excluding carboxylic acids is 1. The van der Waals surface area contributed by atoms with Crippen molar-refractivity contribution in [1.29, 1.82) is 0 Å². The molecule has 0 fully saturated rings. The van der Waals surface area contributed by atoms with Crippen LogP contribution >= 0.6 is 0 Å². The molecular formula is C7H11N3O. The molecule has 0 saturated heterocycles. The van der Waals surface area contributed by atoms with Crippen molar-refractivity contribution in [2.75, 3.05) is 14.1 Å². The molecule has 1 rings (SSSR count). The highest BCUT2D eigenvalue weighted by molar-refractivity contribution is 5.52. The van der Waals surface area contributed by atoms with Crippen LogP contribution < -0.4 is 0 Å². The van der Waals surface area contributed by atoms with Crippen molar-refractivity contribution in [3.8, 4) is 0 Å². The van der Waals surface area contributed by atoms with Crippen molar-refractivity contribution < 1.29 is 4.79 Å². The van der Waals surface area contributed by atoms with Gasteiger partial charge in [-0.15, -0.1) is 0 Å². The Balaban J connectivity index is 2.76. The normalized spacial score (nSPS) is 10.5. The van der Waals surface area contributed by atoms with Crippen molar-refractivity contribution in [2.45, 2.75) is 6.54 Å². The zero-order valence-corrected chi connectivity index (χ0v) is 6.69. The molecule has 0 radical (unpaired) electrons. The molecule has 0 saturated carbocycles. The molecule has 4 nitrogen and oxygen atoms in total. The summed E-state index contributed by atoms with van der Waals surface area (Å²) in [7, 11) is 3.87. The molecule has 0 bridgehead atoms. The van der Waals surface area contributed by atoms with Crippen molar-refractivity contribution >= 4 is 6.41 Å². The van der Waals surface area contributed by atoms with Crippen LogP contribution in [0.25, 0.3) is 0 Å². The van der Waals surface area contributed by atoms with Gasteiger partial charge in [-0.2, -0.15) is 0 Å². The van der Waals surface area contributed by atoms with Gasteiger partial charge in [0.15, 0.2) is 0 Å². The Morgan fingerprint density at radius 1 is 1.73 bits per heavy atom. The van der Waals surface area contributed by atoms with Crippen molar-refractivity contribution in [3.63, 3.8) is 0 Å². The highest BCUT2D eigenvalue weighted by Crippen LogP contribution is 1.96. The minimum absolute atomic E-state index is 0.686. The van der Waals surface area contributed by atoms with Crippen LogP contribution in [0.15, 0.2) is 12.4 Å². The fourth-order valence-corrected chi connectivity index (χ4v) is 0.845. The van der Waals surface area contributed by atoms with Gasteiger partial charge >= 0.3 is 0 Å². The second-order valence-corrected chi connectivity index (χ2v) is 2.59. The van der Waals surface area contributed by atoms with Crippen LogP contribution in [0.2, 0.25) is 0 Å². The second-order valence-electron chi connectivity index (χ2n) is 2.59. The summed E-state index contributed by atoms with van der Waals surface area (Å²) in [4.78, 5) is 16.4. The summed E-state index contributed by atoms with van der Waals surface area (Å²) in [5.41, 5.74) is 0. The van der Waals surface area contributed by atoms with Gasteiger partial charge in [0.25, 0.3) is 0 Å². The van der Waals surface area contributed by atoms with Gasteiger partial charge in [-0.1, -0.05) is 0 Å². The molecular weight excluding hydrogens is 142 g/mol. The summed E-state index contributed by atoms with van der Waals surface area (Å²) >= 11 is 0. The van der Waals surface area contributed by atoms with Crippen molar-refractivity contribution in [3.05, 3.63) is 18.2 Å². The largest absolute Gasteiger partial charge is 0.302 e. The molecule has 11 heavy (non-hydrogen) atoms. The molecule has 60 valence electrons. The number of hydrogen-bond acceptors (Lipinski definition) is 3. The summed E-state index contributed by atoms with van der Waals surface area (Å²) in [6, 6.07) is 0. The van der Waals surface area contributed by atoms with Gasteiger partial charge in [-0.25, -0.2) is 4.98 Å². The first-order valence-electron chi connectivity index (χ1n) is 3.36. The van der Waals surface area contributed by atoms with Crippen molar-refractivity contribution in [1.82, 2.24) is 14.5 Å². The van der Waals surface area contributed by atoms with E-state index in [9.17, 15) is 4.79 Å². The number of aromatic nitrogens is 2. The summed E-state index contributed by atoms with van der Waals surface area (Å²) in [5.74, 6) is 0.769. The predicted octanol–water partition coefficient (Wildman–Crippen LogP) is -0.0170. The lowest BCUT2D eigenvalue weighted by molar-refractivity contribution is 0.388. The van der Waals surface area contributed by atoms with Gasteiger partial charge in [-0.3, -0.25) is 9.36 Å². The van der Waals surface area contributed by atoms with Gasteiger partial charge in [0.05, 0.1) is 6.54 Å². The van der Waals surface area contributed by atoms with Crippen LogP contribution in [0.1, 0.15) is 5.82 Å². The molecule has 0 aliphatic carbocycles. The number of hydrogen-bond donors (Lipinski definition) is 0. The standard InChI is InChI=1S/C7H11N3O/c1-9(2)5-7-8-3-4-10(7)6-11/h3-4,6H,5H2,1-2H3. The third kappa shape index (κ3) is 1.88. The Hall–Kier alpha value is -1.16. The first kappa shape index (κ1) is 7.94. The molecule has 0 amide bonds. The second kappa shape index (κ2) is 3.30. The number of rotatable bonds is 3. The maximum atomic E-state index is 10.4. The molecule has 0 atom stereocenters. The van der Waals surface area contributed by atoms with E-state index in [2.05, 4.69) is 4.98 Å². The fourth-order valence-electron chi connectivity index (χ4n) is 0.845. The summed E-state index contributed by atoms with van der Waals surface area (Å²) in [6.07, 6.45) is 4.02. The number of carbonyl (C=O) groups is 1. The molecule has 4 heteroatoms. The van der Waals surface area contributed by atoms with E-state index < -0.39 is 0 Å². The van der Waals surface area contributed by atoms with E-state index in [1.54, 1.807) is 12.4 Å². The minimum atomic E-state index is 0.686. The SMILES string of the molecule is CN(C)Cc1nccn1C=O. The molecule has 0 aliphatic heterocycles. The first-order valence-corrected chi connectivity index (χ1v) is 3.36. The zero-order chi connectivity index (χ0) is 8.27. The quantitative estimate of drug-likeness (QED) is 0.573. The van der Waals surface area contributed by atoms with Crippen LogP contribution in [0.3, 0.4) is 0 Å². The predicted molar refractivity (Wildman–Crippen MR) is 41.8 cm³/mol. The van der Waals surface area contributed by atoms with Crippen LogP contribution in [0.5, 0.6) is 0 Å². The number of imidazole rings is 1. The van der Waals surface area contributed by atoms with E-state index in [1.165, 1.54) is 4.57 Å². The average molecular weight is 153 g/mol. The van der Waals surface area contributed by atoms with E-state index in [-0.39, 0.29) is 0 Å². The van der Waals surface area contributed by atoms with Gasteiger partial charge < -0.3 is 4.90 Å². The summed E-state index contributed by atoms with van der Waals surface area (Å²) < 4.78 is 1.47. The smallest absolute Gasteiger partial charge is 0.219 e. The zero-order valence-electron chi connectivity index (χ0n) is 6.69. The third-order valence-corrected chi connectivity index (χ3v) is 1.32. The van der Waals surface area contributed by atoms with E-state index in [0.29, 0.717) is 6.54 Å². The van der Waals surface area contributed by atoms with E-state index in [4.69, 9.17) is 0 Å². The highest BCUT2D eigenvalue weighted by atomic mass is 16.1. The molecule has 1 aromatic rings. The maximum absolute atomic E-state index is 10.4. The molecule has 1 aromatic heterocycles. The van der Waals surface area contributed by atoms with E-state index in [1.807, 2.05) is 19.0 Å². The summed E-state index contributed by atoms with van der Waals surface area (Å²) in [5, 5.41) is 0. The Kier molecular flexibility index (Phi) is 2.38. The Morgan fingerprint density at radius 2 is 2.45 bits per heavy atom. The summed E-state index contributed by atoms with van der Waals surface area (Å²) in [6.45, 7) is 0.686. The van der Waals surface area contributed by atoms with Gasteiger partial charge in [0.1, 0.15) is 5.82 Å². The van der Waals surface area contributed by atoms with Crippen LogP contribution in [-0.2, 0) is 11.3 Å². The van der Waals surface area contributed by atoms with E-state index in [0.717, 1.165) is 12.2 Å². The Labute approximate surface area is 65.5 Å². The minimum Gasteiger partial charge on any atom is -0.302 e. The first-order chi connectivity index (χ1) is 5.24. The monoisotopic (exact) mass is 153 g/mol. The van der Waals surface area contributed by atoms with Gasteiger partial charge in [0.2, 0.25) is 6.41 Å². The lowest BCUT2D eigenvalue weighted by Gasteiger charge is -2.07. The lowest BCUT2D eigenvalue weighted by atomic mass is 10.5. The highest BCUT2D eigenvalue weighted by Gasteiger charge is 2.01. The van der Waals surface area contributed by atoms with Crippen LogP contribution in [-0.4, -0.2) is 35.0 Å². The van der Waals surface area contributed by atoms with E-state index >= 15 is 0 Å². The Bertz CT molecular complexity index is 242. The lowest BCUT2D eigenvalue weighted by Crippen LogP contribution is -2.15. The molecule has 0 unspecified atom stereocenters. The van der Waals surface area contributed by atoms with Gasteiger partial charge in [-0.05, 0) is 14.1 Å². The van der Waals surface area contributed by atoms with Crippen molar-refractivity contribution in [2.24, 2.45) is 0 Å². The molecule has 0 aliphatic rings. The fraction of sp³-hybridized carbons (Fsp3) is 0.429. The number of nitrogens with zero attached hydrogens (tertiary/aromatic N) is 3. The third-order valence-electron chi connectivity index (χ3n) is 1.32. The molecule has 0 N–H and O–H groups in total. The van der Waals surface area contributed by atoms with Crippen LogP contribution in [0.4, 0.5) is 0 Å². The maximum Gasteiger partial charge on any atom is 0.219 e. The van der Waals surface area contributed by atoms with Crippen LogP contribution in [0, 0.1) is 0 Å². The average Bonchev–Trinajstić information content (AvgIpc) is 2.34. The topological polar surface area (TPSA) is 38.1 Å². The van der Waals surface area contributed by atoms with Gasteiger partial charge in [0, 0.05) is 12.4 Å². The molecule has 1 heterocycles.